The quantitative estimate of drug-likeness (QED) is 0.711. The highest BCUT2D eigenvalue weighted by molar-refractivity contribution is 5.95. The number of urea groups is 1. The molecule has 0 radical (unpaired) electrons. The van der Waals surface area contributed by atoms with E-state index >= 15 is 0 Å². The molecule has 0 aliphatic carbocycles. The second-order valence-corrected chi connectivity index (χ2v) is 5.50. The highest BCUT2D eigenvalue weighted by Gasteiger charge is 2.17. The summed E-state index contributed by atoms with van der Waals surface area (Å²) in [6, 6.07) is 15.2. The fourth-order valence-corrected chi connectivity index (χ4v) is 2.32. The van der Waals surface area contributed by atoms with E-state index in [1.165, 1.54) is 0 Å². The molecule has 4 amide bonds. The molecule has 7 heteroatoms. The van der Waals surface area contributed by atoms with Crippen molar-refractivity contribution < 1.29 is 14.4 Å². The molecule has 0 aliphatic heterocycles. The Kier molecular flexibility index (Phi) is 6.11. The maximum Gasteiger partial charge on any atom is 0.316 e. The molecule has 0 fully saturated rings. The molecule has 25 heavy (non-hydrogen) atoms. The Hall–Kier alpha value is -3.35. The number of carbonyl (C=O) groups is 3. The lowest BCUT2D eigenvalue weighted by molar-refractivity contribution is -0.118. The molecule has 5 N–H and O–H groups in total. The Morgan fingerprint density at radius 1 is 0.920 bits per heavy atom. The van der Waals surface area contributed by atoms with Gasteiger partial charge in [-0.15, -0.1) is 0 Å². The summed E-state index contributed by atoms with van der Waals surface area (Å²) in [5.41, 5.74) is 12.2. The van der Waals surface area contributed by atoms with Crippen molar-refractivity contribution in [1.29, 1.82) is 0 Å². The minimum absolute atomic E-state index is 0.0832. The minimum atomic E-state index is -0.675. The van der Waals surface area contributed by atoms with Gasteiger partial charge in [-0.3, -0.25) is 9.59 Å². The SMILES string of the molecule is NC(=O)CCN(Cc1ccccc1)C(=O)c1ccc(NC(N)=O)cc1. The number of nitrogens with two attached hydrogens (primary N) is 2. The lowest BCUT2D eigenvalue weighted by Crippen LogP contribution is -2.33. The van der Waals surface area contributed by atoms with Gasteiger partial charge in [0.25, 0.3) is 5.91 Å². The lowest BCUT2D eigenvalue weighted by atomic mass is 10.1. The van der Waals surface area contributed by atoms with Crippen LogP contribution in [0.1, 0.15) is 22.3 Å². The Balaban J connectivity index is 2.15. The average molecular weight is 340 g/mol. The van der Waals surface area contributed by atoms with E-state index in [0.717, 1.165) is 5.56 Å². The van der Waals surface area contributed by atoms with Crippen LogP contribution >= 0.6 is 0 Å². The van der Waals surface area contributed by atoms with Crippen LogP contribution in [-0.4, -0.2) is 29.3 Å². The average Bonchev–Trinajstić information content (AvgIpc) is 2.59. The molecule has 0 unspecified atom stereocenters. The zero-order valence-electron chi connectivity index (χ0n) is 13.6. The molecule has 0 saturated carbocycles. The van der Waals surface area contributed by atoms with Gasteiger partial charge in [0, 0.05) is 30.8 Å². The monoisotopic (exact) mass is 340 g/mol. The smallest absolute Gasteiger partial charge is 0.316 e. The standard InChI is InChI=1S/C18H20N4O3/c19-16(23)10-11-22(12-13-4-2-1-3-5-13)17(24)14-6-8-15(9-7-14)21-18(20)25/h1-9H,10-12H2,(H2,19,23)(H3,20,21,25). The first kappa shape index (κ1) is 18.0. The third-order valence-electron chi connectivity index (χ3n) is 3.53. The van der Waals surface area contributed by atoms with E-state index in [4.69, 9.17) is 11.5 Å². The van der Waals surface area contributed by atoms with Crippen molar-refractivity contribution in [2.75, 3.05) is 11.9 Å². The third kappa shape index (κ3) is 5.65. The number of primary amides is 2. The first-order valence-electron chi connectivity index (χ1n) is 7.73. The van der Waals surface area contributed by atoms with Crippen LogP contribution < -0.4 is 16.8 Å². The van der Waals surface area contributed by atoms with Crippen LogP contribution in [-0.2, 0) is 11.3 Å². The van der Waals surface area contributed by atoms with Gasteiger partial charge in [-0.1, -0.05) is 30.3 Å². The number of hydrogen-bond acceptors (Lipinski definition) is 3. The van der Waals surface area contributed by atoms with E-state index in [1.807, 2.05) is 30.3 Å². The summed E-state index contributed by atoms with van der Waals surface area (Å²) in [6.07, 6.45) is 0.0832. The van der Waals surface area contributed by atoms with E-state index in [9.17, 15) is 14.4 Å². The fourth-order valence-electron chi connectivity index (χ4n) is 2.32. The predicted molar refractivity (Wildman–Crippen MR) is 94.6 cm³/mol. The van der Waals surface area contributed by atoms with Crippen LogP contribution in [0.5, 0.6) is 0 Å². The van der Waals surface area contributed by atoms with Gasteiger partial charge in [-0.05, 0) is 29.8 Å². The zero-order chi connectivity index (χ0) is 18.2. The van der Waals surface area contributed by atoms with Gasteiger partial charge in [-0.2, -0.15) is 0 Å². The summed E-state index contributed by atoms with van der Waals surface area (Å²) < 4.78 is 0. The Morgan fingerprint density at radius 3 is 2.12 bits per heavy atom. The van der Waals surface area contributed by atoms with E-state index in [-0.39, 0.29) is 18.9 Å². The van der Waals surface area contributed by atoms with Gasteiger partial charge in [0.05, 0.1) is 0 Å². The molecule has 0 atom stereocenters. The molecule has 2 rings (SSSR count). The summed E-state index contributed by atoms with van der Waals surface area (Å²) in [6.45, 7) is 0.596. The van der Waals surface area contributed by atoms with Gasteiger partial charge >= 0.3 is 6.03 Å². The van der Waals surface area contributed by atoms with Crippen molar-refractivity contribution in [3.05, 3.63) is 65.7 Å². The van der Waals surface area contributed by atoms with Crippen molar-refractivity contribution >= 4 is 23.5 Å². The molecule has 0 saturated heterocycles. The van der Waals surface area contributed by atoms with Crippen molar-refractivity contribution in [3.8, 4) is 0 Å². The number of carbonyl (C=O) groups excluding carboxylic acids is 3. The van der Waals surface area contributed by atoms with Crippen LogP contribution in [0.15, 0.2) is 54.6 Å². The Labute approximate surface area is 145 Å². The van der Waals surface area contributed by atoms with Crippen LogP contribution in [0.4, 0.5) is 10.5 Å². The highest BCUT2D eigenvalue weighted by Crippen LogP contribution is 2.14. The molecule has 0 bridgehead atoms. The molecule has 0 spiro atoms. The van der Waals surface area contributed by atoms with Crippen LogP contribution in [0.3, 0.4) is 0 Å². The number of anilines is 1. The Morgan fingerprint density at radius 2 is 1.56 bits per heavy atom. The molecular formula is C18H20N4O3. The summed E-state index contributed by atoms with van der Waals surface area (Å²) in [4.78, 5) is 36.3. The summed E-state index contributed by atoms with van der Waals surface area (Å²) in [7, 11) is 0. The molecule has 130 valence electrons. The first-order chi connectivity index (χ1) is 12.0. The van der Waals surface area contributed by atoms with E-state index in [1.54, 1.807) is 29.2 Å². The molecule has 0 aromatic heterocycles. The number of nitrogens with one attached hydrogen (secondary N) is 1. The minimum Gasteiger partial charge on any atom is -0.370 e. The van der Waals surface area contributed by atoms with Gasteiger partial charge in [0.1, 0.15) is 0 Å². The van der Waals surface area contributed by atoms with E-state index in [2.05, 4.69) is 5.32 Å². The van der Waals surface area contributed by atoms with Crippen LogP contribution in [0.25, 0.3) is 0 Å². The van der Waals surface area contributed by atoms with Gasteiger partial charge < -0.3 is 21.7 Å². The normalized spacial score (nSPS) is 10.1. The lowest BCUT2D eigenvalue weighted by Gasteiger charge is -2.22. The van der Waals surface area contributed by atoms with Crippen molar-refractivity contribution in [3.63, 3.8) is 0 Å². The Bertz CT molecular complexity index is 745. The summed E-state index contributed by atoms with van der Waals surface area (Å²) in [5.74, 6) is -0.692. The number of rotatable bonds is 7. The highest BCUT2D eigenvalue weighted by atomic mass is 16.2. The van der Waals surface area contributed by atoms with E-state index < -0.39 is 11.9 Å². The molecule has 2 aromatic rings. The summed E-state index contributed by atoms with van der Waals surface area (Å²) >= 11 is 0. The van der Waals surface area contributed by atoms with Gasteiger partial charge in [0.2, 0.25) is 5.91 Å². The maximum atomic E-state index is 12.8. The van der Waals surface area contributed by atoms with Crippen LogP contribution in [0.2, 0.25) is 0 Å². The summed E-state index contributed by atoms with van der Waals surface area (Å²) in [5, 5.41) is 2.43. The van der Waals surface area contributed by atoms with Gasteiger partial charge in [0.15, 0.2) is 0 Å². The van der Waals surface area contributed by atoms with E-state index in [0.29, 0.717) is 17.8 Å². The fraction of sp³-hybridized carbons (Fsp3) is 0.167. The van der Waals surface area contributed by atoms with Crippen molar-refractivity contribution in [2.24, 2.45) is 11.5 Å². The maximum absolute atomic E-state index is 12.8. The van der Waals surface area contributed by atoms with Gasteiger partial charge in [-0.25, -0.2) is 4.79 Å². The topological polar surface area (TPSA) is 119 Å². The number of hydrogen-bond donors (Lipinski definition) is 3. The second kappa shape index (κ2) is 8.49. The zero-order valence-corrected chi connectivity index (χ0v) is 13.6. The molecule has 0 aliphatic rings. The molecular weight excluding hydrogens is 320 g/mol. The van der Waals surface area contributed by atoms with Crippen molar-refractivity contribution in [2.45, 2.75) is 13.0 Å². The number of benzene rings is 2. The third-order valence-corrected chi connectivity index (χ3v) is 3.53. The predicted octanol–water partition coefficient (Wildman–Crippen LogP) is 1.69. The van der Waals surface area contributed by atoms with Crippen molar-refractivity contribution in [1.82, 2.24) is 4.90 Å². The number of amides is 4. The number of nitrogens with zero attached hydrogens (tertiary/aromatic N) is 1. The molecule has 0 heterocycles. The largest absolute Gasteiger partial charge is 0.370 e. The molecule has 7 nitrogen and oxygen atoms in total. The van der Waals surface area contributed by atoms with Crippen LogP contribution in [0, 0.1) is 0 Å². The molecule has 2 aromatic carbocycles. The second-order valence-electron chi connectivity index (χ2n) is 5.50. The first-order valence-corrected chi connectivity index (χ1v) is 7.73.